The van der Waals surface area contributed by atoms with E-state index in [0.29, 0.717) is 5.75 Å². The second-order valence-corrected chi connectivity index (χ2v) is 6.19. The zero-order valence-electron chi connectivity index (χ0n) is 13.0. The van der Waals surface area contributed by atoms with Crippen LogP contribution in [0.4, 0.5) is 0 Å². The summed E-state index contributed by atoms with van der Waals surface area (Å²) in [5.74, 6) is -0.326. The van der Waals surface area contributed by atoms with E-state index in [0.717, 1.165) is 25.2 Å². The van der Waals surface area contributed by atoms with Crippen LogP contribution in [0.1, 0.15) is 36.7 Å². The SMILES string of the molecule is COc1cc(C(=O)O)ccc1CN1CC(C)OC(C)(C)C1. The van der Waals surface area contributed by atoms with Crippen LogP contribution < -0.4 is 4.74 Å². The van der Waals surface area contributed by atoms with Gasteiger partial charge in [-0.3, -0.25) is 4.90 Å². The molecule has 1 atom stereocenters. The third kappa shape index (κ3) is 3.95. The first-order valence-corrected chi connectivity index (χ1v) is 7.11. The Kier molecular flexibility index (Phi) is 4.54. The van der Waals surface area contributed by atoms with Crippen molar-refractivity contribution in [3.63, 3.8) is 0 Å². The zero-order chi connectivity index (χ0) is 15.6. The molecule has 1 N–H and O–H groups in total. The molecule has 0 radical (unpaired) electrons. The third-order valence-electron chi connectivity index (χ3n) is 3.57. The summed E-state index contributed by atoms with van der Waals surface area (Å²) in [6.07, 6.45) is 0.179. The van der Waals surface area contributed by atoms with Gasteiger partial charge in [-0.15, -0.1) is 0 Å². The van der Waals surface area contributed by atoms with Crippen LogP contribution in [0.5, 0.6) is 5.75 Å². The summed E-state index contributed by atoms with van der Waals surface area (Å²) >= 11 is 0. The molecule has 1 saturated heterocycles. The molecule has 0 spiro atoms. The lowest BCUT2D eigenvalue weighted by atomic mass is 10.0. The van der Waals surface area contributed by atoms with Gasteiger partial charge in [0.15, 0.2) is 0 Å². The molecule has 5 heteroatoms. The molecular weight excluding hydrogens is 270 g/mol. The summed E-state index contributed by atoms with van der Waals surface area (Å²) in [7, 11) is 1.57. The van der Waals surface area contributed by atoms with E-state index in [2.05, 4.69) is 25.7 Å². The molecule has 1 unspecified atom stereocenters. The molecule has 5 nitrogen and oxygen atoms in total. The van der Waals surface area contributed by atoms with Crippen LogP contribution in [0, 0.1) is 0 Å². The number of methoxy groups -OCH3 is 1. The lowest BCUT2D eigenvalue weighted by molar-refractivity contribution is -0.130. The van der Waals surface area contributed by atoms with Crippen LogP contribution in [-0.4, -0.2) is 47.9 Å². The predicted molar refractivity (Wildman–Crippen MR) is 79.9 cm³/mol. The summed E-state index contributed by atoms with van der Waals surface area (Å²) in [6, 6.07) is 5.03. The van der Waals surface area contributed by atoms with E-state index in [1.54, 1.807) is 19.2 Å². The summed E-state index contributed by atoms with van der Waals surface area (Å²) in [4.78, 5) is 13.3. The van der Waals surface area contributed by atoms with E-state index >= 15 is 0 Å². The Bertz CT molecular complexity index is 527. The summed E-state index contributed by atoms with van der Waals surface area (Å²) in [5, 5.41) is 9.04. The average molecular weight is 293 g/mol. The van der Waals surface area contributed by atoms with Crippen molar-refractivity contribution in [2.45, 2.75) is 39.0 Å². The monoisotopic (exact) mass is 293 g/mol. The van der Waals surface area contributed by atoms with E-state index < -0.39 is 5.97 Å². The van der Waals surface area contributed by atoms with Crippen molar-refractivity contribution in [1.82, 2.24) is 4.90 Å². The normalized spacial score (nSPS) is 22.0. The number of aromatic carboxylic acids is 1. The molecule has 1 aromatic carbocycles. The van der Waals surface area contributed by atoms with Gasteiger partial charge in [-0.05, 0) is 32.9 Å². The highest BCUT2D eigenvalue weighted by Gasteiger charge is 2.31. The standard InChI is InChI=1S/C16H23NO4/c1-11-8-17(10-16(2,3)21-11)9-13-6-5-12(15(18)19)7-14(13)20-4/h5-7,11H,8-10H2,1-4H3,(H,18,19). The molecule has 2 rings (SSSR count). The minimum absolute atomic E-state index is 0.175. The van der Waals surface area contributed by atoms with Gasteiger partial charge in [-0.25, -0.2) is 4.79 Å². The number of hydrogen-bond donors (Lipinski definition) is 1. The fourth-order valence-corrected chi connectivity index (χ4v) is 2.96. The molecule has 1 aliphatic heterocycles. The molecule has 21 heavy (non-hydrogen) atoms. The van der Waals surface area contributed by atoms with E-state index in [4.69, 9.17) is 14.6 Å². The first-order chi connectivity index (χ1) is 9.80. The maximum atomic E-state index is 11.0. The Morgan fingerprint density at radius 1 is 1.52 bits per heavy atom. The second-order valence-electron chi connectivity index (χ2n) is 6.19. The molecule has 0 saturated carbocycles. The van der Waals surface area contributed by atoms with Gasteiger partial charge in [0.05, 0.1) is 24.4 Å². The first-order valence-electron chi connectivity index (χ1n) is 7.11. The van der Waals surface area contributed by atoms with Crippen LogP contribution in [-0.2, 0) is 11.3 Å². The predicted octanol–water partition coefficient (Wildman–Crippen LogP) is 2.39. The van der Waals surface area contributed by atoms with Crippen molar-refractivity contribution in [2.75, 3.05) is 20.2 Å². The van der Waals surface area contributed by atoms with Crippen molar-refractivity contribution in [2.24, 2.45) is 0 Å². The Labute approximate surface area is 125 Å². The molecule has 1 aromatic rings. The molecule has 0 aromatic heterocycles. The Morgan fingerprint density at radius 2 is 2.24 bits per heavy atom. The fourth-order valence-electron chi connectivity index (χ4n) is 2.96. The van der Waals surface area contributed by atoms with Gasteiger partial charge in [0.2, 0.25) is 0 Å². The first kappa shape index (κ1) is 15.8. The van der Waals surface area contributed by atoms with Crippen molar-refractivity contribution in [1.29, 1.82) is 0 Å². The van der Waals surface area contributed by atoms with Crippen molar-refractivity contribution >= 4 is 5.97 Å². The van der Waals surface area contributed by atoms with Crippen LogP contribution in [0.3, 0.4) is 0 Å². The molecule has 116 valence electrons. The van der Waals surface area contributed by atoms with Crippen molar-refractivity contribution in [3.8, 4) is 5.75 Å². The molecule has 1 fully saturated rings. The highest BCUT2D eigenvalue weighted by molar-refractivity contribution is 5.88. The number of carboxylic acids is 1. The third-order valence-corrected chi connectivity index (χ3v) is 3.57. The highest BCUT2D eigenvalue weighted by Crippen LogP contribution is 2.26. The number of carboxylic acid groups (broad SMARTS) is 1. The van der Waals surface area contributed by atoms with E-state index in [1.807, 2.05) is 6.07 Å². The lowest BCUT2D eigenvalue weighted by Gasteiger charge is -2.41. The minimum Gasteiger partial charge on any atom is -0.496 e. The molecule has 0 bridgehead atoms. The molecule has 0 aliphatic carbocycles. The number of carbonyl (C=O) groups is 1. The lowest BCUT2D eigenvalue weighted by Crippen LogP contribution is -2.51. The van der Waals surface area contributed by atoms with Gasteiger partial charge < -0.3 is 14.6 Å². The van der Waals surface area contributed by atoms with Gasteiger partial charge in [0, 0.05) is 25.2 Å². The van der Waals surface area contributed by atoms with Crippen LogP contribution in [0.2, 0.25) is 0 Å². The number of nitrogens with zero attached hydrogens (tertiary/aromatic N) is 1. The molecule has 0 amide bonds. The van der Waals surface area contributed by atoms with Gasteiger partial charge >= 0.3 is 5.97 Å². The van der Waals surface area contributed by atoms with E-state index in [-0.39, 0.29) is 17.3 Å². The maximum absolute atomic E-state index is 11.0. The zero-order valence-corrected chi connectivity index (χ0v) is 13.0. The fraction of sp³-hybridized carbons (Fsp3) is 0.562. The maximum Gasteiger partial charge on any atom is 0.335 e. The van der Waals surface area contributed by atoms with Gasteiger partial charge in [0.25, 0.3) is 0 Å². The van der Waals surface area contributed by atoms with Gasteiger partial charge in [-0.2, -0.15) is 0 Å². The Hall–Kier alpha value is -1.59. The van der Waals surface area contributed by atoms with Crippen LogP contribution in [0.25, 0.3) is 0 Å². The second kappa shape index (κ2) is 6.03. The summed E-state index contributed by atoms with van der Waals surface area (Å²) in [5.41, 5.74) is 1.06. The smallest absolute Gasteiger partial charge is 0.335 e. The molecule has 1 aliphatic rings. The highest BCUT2D eigenvalue weighted by atomic mass is 16.5. The van der Waals surface area contributed by atoms with Gasteiger partial charge in [0.1, 0.15) is 5.75 Å². The topological polar surface area (TPSA) is 59.0 Å². The average Bonchev–Trinajstić information content (AvgIpc) is 2.36. The number of morpholine rings is 1. The largest absolute Gasteiger partial charge is 0.496 e. The van der Waals surface area contributed by atoms with E-state index in [9.17, 15) is 4.79 Å². The number of ether oxygens (including phenoxy) is 2. The van der Waals surface area contributed by atoms with Crippen molar-refractivity contribution < 1.29 is 19.4 Å². The minimum atomic E-state index is -0.944. The number of hydrogen-bond acceptors (Lipinski definition) is 4. The Balaban J connectivity index is 2.17. The number of rotatable bonds is 4. The van der Waals surface area contributed by atoms with Crippen LogP contribution >= 0.6 is 0 Å². The summed E-state index contributed by atoms with van der Waals surface area (Å²) in [6.45, 7) is 8.65. The molecule has 1 heterocycles. The van der Waals surface area contributed by atoms with Gasteiger partial charge in [-0.1, -0.05) is 6.07 Å². The quantitative estimate of drug-likeness (QED) is 0.923. The number of benzene rings is 1. The van der Waals surface area contributed by atoms with E-state index in [1.165, 1.54) is 0 Å². The summed E-state index contributed by atoms with van der Waals surface area (Å²) < 4.78 is 11.2. The Morgan fingerprint density at radius 3 is 2.81 bits per heavy atom. The molecular formula is C16H23NO4. The van der Waals surface area contributed by atoms with Crippen molar-refractivity contribution in [3.05, 3.63) is 29.3 Å². The van der Waals surface area contributed by atoms with Crippen LogP contribution in [0.15, 0.2) is 18.2 Å².